The summed E-state index contributed by atoms with van der Waals surface area (Å²) >= 11 is 4.08. The van der Waals surface area contributed by atoms with E-state index in [9.17, 15) is 0 Å². The molecule has 10 heavy (non-hydrogen) atoms. The Hall–Kier alpha value is -0.445. The van der Waals surface area contributed by atoms with E-state index < -0.39 is 7.69 Å². The van der Waals surface area contributed by atoms with E-state index in [1.807, 2.05) is 30.3 Å². The first-order valence-electron chi connectivity index (χ1n) is 2.77. The van der Waals surface area contributed by atoms with Crippen LogP contribution < -0.4 is 0 Å². The summed E-state index contributed by atoms with van der Waals surface area (Å²) in [6.45, 7) is 0. The van der Waals surface area contributed by atoms with Crippen molar-refractivity contribution in [1.29, 1.82) is 0 Å². The Kier molecular flexibility index (Phi) is 6.37. The van der Waals surface area contributed by atoms with Crippen molar-refractivity contribution >= 4 is 20.3 Å². The fraction of sp³-hybridized carbons (Fsp3) is 0. The Morgan fingerprint density at radius 1 is 1.10 bits per heavy atom. The van der Waals surface area contributed by atoms with Crippen LogP contribution in [0.5, 0.6) is 0 Å². The normalized spacial score (nSPS) is 7.50. The minimum absolute atomic E-state index is 0.750. The van der Waals surface area contributed by atoms with E-state index in [1.54, 1.807) is 0 Å². The van der Waals surface area contributed by atoms with E-state index >= 15 is 0 Å². The van der Waals surface area contributed by atoms with Crippen LogP contribution in [0.25, 0.3) is 0 Å². The van der Waals surface area contributed by atoms with E-state index in [0.717, 1.165) is 4.90 Å². The standard InChI is InChI=1S/C6H6S.BH3O2/c7-6-4-2-1-3-5-6;2-1-3/h1-5,7H;1-3H. The molecule has 0 unspecified atom stereocenters. The predicted octanol–water partition coefficient (Wildman–Crippen LogP) is 0.213. The Balaban J connectivity index is 0.000000236. The largest absolute Gasteiger partial charge is 0.432 e. The van der Waals surface area contributed by atoms with Crippen molar-refractivity contribution in [2.45, 2.75) is 4.90 Å². The lowest BCUT2D eigenvalue weighted by Gasteiger charge is -1.81. The van der Waals surface area contributed by atoms with E-state index in [2.05, 4.69) is 12.6 Å². The molecule has 0 fully saturated rings. The van der Waals surface area contributed by atoms with Gasteiger partial charge in [0.25, 0.3) is 0 Å². The fourth-order valence-corrected chi connectivity index (χ4v) is 0.600. The zero-order valence-electron chi connectivity index (χ0n) is 5.44. The maximum Gasteiger partial charge on any atom is 0.432 e. The highest BCUT2D eigenvalue weighted by Crippen LogP contribution is 2.00. The van der Waals surface area contributed by atoms with Crippen molar-refractivity contribution < 1.29 is 10.0 Å². The molecule has 4 heteroatoms. The molecular formula is C6H9BO2S. The first-order valence-corrected chi connectivity index (χ1v) is 3.21. The first kappa shape index (κ1) is 9.55. The lowest BCUT2D eigenvalue weighted by molar-refractivity contribution is 0.448. The van der Waals surface area contributed by atoms with Crippen molar-refractivity contribution in [2.24, 2.45) is 0 Å². The minimum atomic E-state index is -0.750. The monoisotopic (exact) mass is 156 g/mol. The van der Waals surface area contributed by atoms with Crippen molar-refractivity contribution in [3.05, 3.63) is 30.3 Å². The molecule has 2 N–H and O–H groups in total. The van der Waals surface area contributed by atoms with Gasteiger partial charge < -0.3 is 10.0 Å². The summed E-state index contributed by atoms with van der Waals surface area (Å²) in [4.78, 5) is 1.02. The summed E-state index contributed by atoms with van der Waals surface area (Å²) in [5.41, 5.74) is 0. The molecule has 0 amide bonds. The highest BCUT2D eigenvalue weighted by Gasteiger charge is 1.73. The van der Waals surface area contributed by atoms with Crippen LogP contribution in [0, 0.1) is 0 Å². The summed E-state index contributed by atoms with van der Waals surface area (Å²) in [6, 6.07) is 9.79. The number of benzene rings is 1. The SMILES string of the molecule is OBO.Sc1ccccc1. The maximum absolute atomic E-state index is 7.12. The molecule has 1 aromatic rings. The van der Waals surface area contributed by atoms with Gasteiger partial charge in [-0.15, -0.1) is 12.6 Å². The van der Waals surface area contributed by atoms with Gasteiger partial charge in [-0.3, -0.25) is 0 Å². The van der Waals surface area contributed by atoms with Gasteiger partial charge in [-0.05, 0) is 12.1 Å². The summed E-state index contributed by atoms with van der Waals surface area (Å²) in [7, 11) is -0.750. The molecule has 1 aromatic carbocycles. The highest BCUT2D eigenvalue weighted by atomic mass is 32.1. The van der Waals surface area contributed by atoms with Crippen LogP contribution in [0.15, 0.2) is 35.2 Å². The molecule has 2 nitrogen and oxygen atoms in total. The van der Waals surface area contributed by atoms with Crippen molar-refractivity contribution in [3.8, 4) is 0 Å². The lowest BCUT2D eigenvalue weighted by Crippen LogP contribution is -1.75. The molecule has 0 saturated heterocycles. The summed E-state index contributed by atoms with van der Waals surface area (Å²) < 4.78 is 0. The van der Waals surface area contributed by atoms with Gasteiger partial charge in [0.15, 0.2) is 0 Å². The molecule has 0 aliphatic heterocycles. The van der Waals surface area contributed by atoms with Gasteiger partial charge >= 0.3 is 7.69 Å². The third-order valence-electron chi connectivity index (χ3n) is 0.756. The average molecular weight is 156 g/mol. The van der Waals surface area contributed by atoms with Crippen LogP contribution in [0.1, 0.15) is 0 Å². The van der Waals surface area contributed by atoms with Gasteiger partial charge in [0.05, 0.1) is 0 Å². The average Bonchev–Trinajstić information content (AvgIpc) is 1.91. The lowest BCUT2D eigenvalue weighted by atomic mass is 10.4. The summed E-state index contributed by atoms with van der Waals surface area (Å²) in [5.74, 6) is 0. The highest BCUT2D eigenvalue weighted by molar-refractivity contribution is 7.80. The maximum atomic E-state index is 7.12. The second-order valence-corrected chi connectivity index (χ2v) is 1.99. The number of hydrogen-bond donors (Lipinski definition) is 3. The number of rotatable bonds is 0. The van der Waals surface area contributed by atoms with Gasteiger partial charge in [0, 0.05) is 4.90 Å². The Morgan fingerprint density at radius 3 is 1.70 bits per heavy atom. The first-order chi connectivity index (χ1) is 4.81. The fourth-order valence-electron chi connectivity index (χ4n) is 0.428. The van der Waals surface area contributed by atoms with Gasteiger partial charge in [0.2, 0.25) is 0 Å². The molecule has 0 bridgehead atoms. The second kappa shape index (κ2) is 6.67. The van der Waals surface area contributed by atoms with E-state index in [4.69, 9.17) is 10.0 Å². The van der Waals surface area contributed by atoms with E-state index in [0.29, 0.717) is 0 Å². The molecule has 0 spiro atoms. The molecule has 0 aromatic heterocycles. The Bertz CT molecular complexity index is 157. The van der Waals surface area contributed by atoms with Crippen LogP contribution in [0.3, 0.4) is 0 Å². The van der Waals surface area contributed by atoms with Gasteiger partial charge in [-0.2, -0.15) is 0 Å². The Morgan fingerprint density at radius 2 is 1.50 bits per heavy atom. The van der Waals surface area contributed by atoms with E-state index in [1.165, 1.54) is 0 Å². The smallest absolute Gasteiger partial charge is 0.430 e. The zero-order chi connectivity index (χ0) is 7.82. The minimum Gasteiger partial charge on any atom is -0.430 e. The number of thiol groups is 1. The van der Waals surface area contributed by atoms with Crippen molar-refractivity contribution in [2.75, 3.05) is 0 Å². The molecule has 0 aliphatic carbocycles. The quantitative estimate of drug-likeness (QED) is 0.371. The van der Waals surface area contributed by atoms with Crippen LogP contribution in [0.2, 0.25) is 0 Å². The Labute approximate surface area is 66.2 Å². The van der Waals surface area contributed by atoms with Gasteiger partial charge in [-0.25, -0.2) is 0 Å². The topological polar surface area (TPSA) is 40.5 Å². The molecule has 0 radical (unpaired) electrons. The molecule has 54 valence electrons. The summed E-state index contributed by atoms with van der Waals surface area (Å²) in [5, 5.41) is 14.2. The van der Waals surface area contributed by atoms with Crippen LogP contribution in [-0.2, 0) is 0 Å². The predicted molar refractivity (Wildman–Crippen MR) is 45.3 cm³/mol. The third kappa shape index (κ3) is 5.69. The van der Waals surface area contributed by atoms with E-state index in [-0.39, 0.29) is 0 Å². The summed E-state index contributed by atoms with van der Waals surface area (Å²) in [6.07, 6.45) is 0. The molecule has 1 rings (SSSR count). The van der Waals surface area contributed by atoms with Crippen molar-refractivity contribution in [3.63, 3.8) is 0 Å². The van der Waals surface area contributed by atoms with Crippen LogP contribution >= 0.6 is 12.6 Å². The number of hydrogen-bond acceptors (Lipinski definition) is 3. The molecule has 0 atom stereocenters. The second-order valence-electron chi connectivity index (χ2n) is 1.48. The molecule has 0 aliphatic rings. The van der Waals surface area contributed by atoms with Gasteiger partial charge in [-0.1, -0.05) is 18.2 Å². The third-order valence-corrected chi connectivity index (χ3v) is 1.05. The van der Waals surface area contributed by atoms with Crippen molar-refractivity contribution in [1.82, 2.24) is 0 Å². The zero-order valence-corrected chi connectivity index (χ0v) is 6.33. The van der Waals surface area contributed by atoms with Crippen LogP contribution in [-0.4, -0.2) is 17.7 Å². The molecule has 0 heterocycles. The van der Waals surface area contributed by atoms with Crippen LogP contribution in [0.4, 0.5) is 0 Å². The molecular weight excluding hydrogens is 147 g/mol. The van der Waals surface area contributed by atoms with Gasteiger partial charge in [0.1, 0.15) is 0 Å². The molecule has 0 saturated carbocycles.